The number of aromatic nitrogens is 1. The maximum Gasteiger partial charge on any atom is 0.296 e. The van der Waals surface area contributed by atoms with Crippen LogP contribution in [0.3, 0.4) is 0 Å². The van der Waals surface area contributed by atoms with Crippen molar-refractivity contribution in [1.29, 1.82) is 0 Å². The highest BCUT2D eigenvalue weighted by atomic mass is 32.2. The Labute approximate surface area is 236 Å². The molecule has 1 aliphatic rings. The second-order valence-corrected chi connectivity index (χ2v) is 12.0. The number of hydrogen-bond acceptors (Lipinski definition) is 6. The van der Waals surface area contributed by atoms with Gasteiger partial charge < -0.3 is 9.63 Å². The summed E-state index contributed by atoms with van der Waals surface area (Å²) in [5.74, 6) is -4.06. The molecule has 0 aliphatic heterocycles. The minimum absolute atomic E-state index is 0.0530. The molecule has 1 heterocycles. The van der Waals surface area contributed by atoms with E-state index in [1.807, 2.05) is 12.1 Å². The molecule has 7 nitrogen and oxygen atoms in total. The molecule has 1 aliphatic carbocycles. The molecule has 3 aromatic carbocycles. The van der Waals surface area contributed by atoms with Crippen LogP contribution in [-0.4, -0.2) is 36.8 Å². The normalized spacial score (nSPS) is 15.5. The molecular weight excluding hydrogens is 550 g/mol. The zero-order valence-electron chi connectivity index (χ0n) is 22.3. The summed E-state index contributed by atoms with van der Waals surface area (Å²) in [4.78, 5) is 12.5. The number of nitrogens with one attached hydrogen (secondary N) is 1. The number of amides is 1. The SMILES string of the molecule is Cc1noc(-c2ccc(-c3ccc(C4(C(=O)NS(C)(=O)=O)CC4)cc3)cc2)c1C(O)C(F)(F)C=Cc1ccccc1. The molecule has 1 unspecified atom stereocenters. The Kier molecular flexibility index (Phi) is 7.39. The Balaban J connectivity index is 1.35. The smallest absolute Gasteiger partial charge is 0.296 e. The maximum atomic E-state index is 15.0. The molecule has 0 spiro atoms. The van der Waals surface area contributed by atoms with Crippen LogP contribution in [0.4, 0.5) is 8.78 Å². The monoisotopic (exact) mass is 578 g/mol. The maximum absolute atomic E-state index is 15.0. The van der Waals surface area contributed by atoms with Crippen molar-refractivity contribution < 1.29 is 31.6 Å². The minimum atomic E-state index is -3.65. The highest BCUT2D eigenvalue weighted by Gasteiger charge is 2.52. The molecule has 41 heavy (non-hydrogen) atoms. The van der Waals surface area contributed by atoms with Crippen molar-refractivity contribution in [2.45, 2.75) is 37.2 Å². The van der Waals surface area contributed by atoms with Gasteiger partial charge in [0.15, 0.2) is 11.9 Å². The molecule has 1 aromatic heterocycles. The summed E-state index contributed by atoms with van der Waals surface area (Å²) in [5.41, 5.74) is 2.67. The minimum Gasteiger partial charge on any atom is -0.381 e. The van der Waals surface area contributed by atoms with Crippen LogP contribution < -0.4 is 4.72 Å². The molecule has 1 saturated carbocycles. The van der Waals surface area contributed by atoms with Crippen molar-refractivity contribution >= 4 is 22.0 Å². The van der Waals surface area contributed by atoms with E-state index >= 15 is 8.78 Å². The predicted octanol–water partition coefficient (Wildman–Crippen LogP) is 5.81. The number of alkyl halides is 2. The molecule has 1 atom stereocenters. The van der Waals surface area contributed by atoms with Crippen LogP contribution >= 0.6 is 0 Å². The Morgan fingerprint density at radius 1 is 1.00 bits per heavy atom. The van der Waals surface area contributed by atoms with Gasteiger partial charge in [0.1, 0.15) is 0 Å². The molecular formula is C31H28F2N2O5S. The third-order valence-electron chi connectivity index (χ3n) is 7.22. The van der Waals surface area contributed by atoms with Crippen LogP contribution in [0, 0.1) is 6.92 Å². The van der Waals surface area contributed by atoms with Gasteiger partial charge in [0, 0.05) is 5.56 Å². The zero-order valence-corrected chi connectivity index (χ0v) is 23.2. The number of carbonyl (C=O) groups excluding carboxylic acids is 1. The summed E-state index contributed by atoms with van der Waals surface area (Å²) in [6, 6.07) is 22.9. The quantitative estimate of drug-likeness (QED) is 0.260. The van der Waals surface area contributed by atoms with Gasteiger partial charge in [-0.3, -0.25) is 9.52 Å². The lowest BCUT2D eigenvalue weighted by Crippen LogP contribution is -2.38. The lowest BCUT2D eigenvalue weighted by atomic mass is 9.92. The van der Waals surface area contributed by atoms with Gasteiger partial charge in [-0.1, -0.05) is 90.1 Å². The second kappa shape index (κ2) is 10.7. The van der Waals surface area contributed by atoms with Crippen LogP contribution in [-0.2, 0) is 20.2 Å². The van der Waals surface area contributed by atoms with Crippen molar-refractivity contribution in [2.75, 3.05) is 6.26 Å². The first-order chi connectivity index (χ1) is 19.4. The largest absolute Gasteiger partial charge is 0.381 e. The van der Waals surface area contributed by atoms with Gasteiger partial charge >= 0.3 is 0 Å². The van der Waals surface area contributed by atoms with Crippen molar-refractivity contribution in [3.63, 3.8) is 0 Å². The van der Waals surface area contributed by atoms with E-state index < -0.39 is 33.4 Å². The van der Waals surface area contributed by atoms with Crippen LogP contribution in [0.5, 0.6) is 0 Å². The average Bonchev–Trinajstić information content (AvgIpc) is 3.68. The number of aliphatic hydroxyl groups is 1. The second-order valence-electron chi connectivity index (χ2n) is 10.3. The number of hydrogen-bond donors (Lipinski definition) is 2. The number of nitrogens with zero attached hydrogens (tertiary/aromatic N) is 1. The van der Waals surface area contributed by atoms with Gasteiger partial charge in [0.25, 0.3) is 5.92 Å². The Morgan fingerprint density at radius 2 is 1.56 bits per heavy atom. The standard InChI is InChI=1S/C31H28F2N2O5S/c1-20-26(28(36)31(32,33)17-16-21-6-4-3-5-7-21)27(40-34-20)24-10-8-22(9-11-24)23-12-14-25(15-13-23)30(18-19-30)29(37)35-41(2,38)39/h3-17,28,36H,18-19H2,1-2H3,(H,35,37). The van der Waals surface area contributed by atoms with Crippen LogP contribution in [0.2, 0.25) is 0 Å². The lowest BCUT2D eigenvalue weighted by Gasteiger charge is -2.19. The van der Waals surface area contributed by atoms with E-state index in [9.17, 15) is 18.3 Å². The highest BCUT2D eigenvalue weighted by molar-refractivity contribution is 7.89. The molecule has 10 heteroatoms. The fraction of sp³-hybridized carbons (Fsp3) is 0.226. The van der Waals surface area contributed by atoms with Crippen LogP contribution in [0.15, 0.2) is 89.5 Å². The predicted molar refractivity (Wildman–Crippen MR) is 151 cm³/mol. The molecule has 5 rings (SSSR count). The van der Waals surface area contributed by atoms with E-state index in [1.54, 1.807) is 66.7 Å². The summed E-state index contributed by atoms with van der Waals surface area (Å²) in [6.07, 6.45) is 1.83. The summed E-state index contributed by atoms with van der Waals surface area (Å²) in [7, 11) is -3.65. The lowest BCUT2D eigenvalue weighted by molar-refractivity contribution is -0.121. The Morgan fingerprint density at radius 3 is 2.12 bits per heavy atom. The molecule has 0 radical (unpaired) electrons. The fourth-order valence-corrected chi connectivity index (χ4v) is 5.33. The molecule has 0 saturated heterocycles. The molecule has 1 fully saturated rings. The highest BCUT2D eigenvalue weighted by Crippen LogP contribution is 2.49. The van der Waals surface area contributed by atoms with Crippen molar-refractivity contribution in [3.05, 3.63) is 107 Å². The number of sulfonamides is 1. The Bertz CT molecular complexity index is 1690. The van der Waals surface area contributed by atoms with Gasteiger partial charge in [-0.2, -0.15) is 8.78 Å². The third kappa shape index (κ3) is 5.98. The van der Waals surface area contributed by atoms with Gasteiger partial charge in [0.05, 0.1) is 22.9 Å². The first kappa shape index (κ1) is 28.4. The summed E-state index contributed by atoms with van der Waals surface area (Å²) < 4.78 is 60.5. The van der Waals surface area contributed by atoms with Gasteiger partial charge in [-0.05, 0) is 48.1 Å². The number of carbonyl (C=O) groups is 1. The van der Waals surface area contributed by atoms with E-state index in [0.29, 0.717) is 30.0 Å². The first-order valence-electron chi connectivity index (χ1n) is 12.9. The van der Waals surface area contributed by atoms with Gasteiger partial charge in [-0.15, -0.1) is 0 Å². The Hall–Kier alpha value is -4.15. The summed E-state index contributed by atoms with van der Waals surface area (Å²) in [5, 5.41) is 14.5. The van der Waals surface area contributed by atoms with Crippen LogP contribution in [0.1, 0.15) is 41.3 Å². The van der Waals surface area contributed by atoms with E-state index in [0.717, 1.165) is 22.9 Å². The number of halogens is 2. The van der Waals surface area contributed by atoms with E-state index in [-0.39, 0.29) is 17.0 Å². The van der Waals surface area contributed by atoms with E-state index in [1.165, 1.54) is 13.0 Å². The molecule has 2 N–H and O–H groups in total. The number of aryl methyl sites for hydroxylation is 1. The number of benzene rings is 3. The van der Waals surface area contributed by atoms with E-state index in [2.05, 4.69) is 9.88 Å². The van der Waals surface area contributed by atoms with E-state index in [4.69, 9.17) is 4.52 Å². The molecule has 1 amide bonds. The first-order valence-corrected chi connectivity index (χ1v) is 14.8. The number of aliphatic hydroxyl groups excluding tert-OH is 1. The van der Waals surface area contributed by atoms with Gasteiger partial charge in [0.2, 0.25) is 15.9 Å². The topological polar surface area (TPSA) is 110 Å². The van der Waals surface area contributed by atoms with Crippen LogP contribution in [0.25, 0.3) is 28.5 Å². The van der Waals surface area contributed by atoms with Crippen molar-refractivity contribution in [2.24, 2.45) is 0 Å². The number of rotatable bonds is 9. The summed E-state index contributed by atoms with van der Waals surface area (Å²) in [6.45, 7) is 1.50. The zero-order chi connectivity index (χ0) is 29.4. The fourth-order valence-electron chi connectivity index (χ4n) is 4.80. The van der Waals surface area contributed by atoms with Crippen molar-refractivity contribution in [1.82, 2.24) is 9.88 Å². The average molecular weight is 579 g/mol. The summed E-state index contributed by atoms with van der Waals surface area (Å²) >= 11 is 0. The molecule has 4 aromatic rings. The molecule has 212 valence electrons. The molecule has 0 bridgehead atoms. The third-order valence-corrected chi connectivity index (χ3v) is 7.78. The van der Waals surface area contributed by atoms with Gasteiger partial charge in [-0.25, -0.2) is 8.42 Å². The van der Waals surface area contributed by atoms with Crippen molar-refractivity contribution in [3.8, 4) is 22.5 Å².